The summed E-state index contributed by atoms with van der Waals surface area (Å²) >= 11 is 1.74. The normalized spacial score (nSPS) is 21.9. The SMILES string of the molecule is Cc1nc(CCNCC2CCCCN2C)cs1. The molecule has 4 heteroatoms. The van der Waals surface area contributed by atoms with Crippen LogP contribution in [-0.2, 0) is 6.42 Å². The lowest BCUT2D eigenvalue weighted by Gasteiger charge is -2.32. The number of hydrogen-bond donors (Lipinski definition) is 1. The number of nitrogens with zero attached hydrogens (tertiary/aromatic N) is 2. The molecular weight excluding hydrogens is 230 g/mol. The first-order valence-corrected chi connectivity index (χ1v) is 7.45. The van der Waals surface area contributed by atoms with E-state index in [9.17, 15) is 0 Å². The van der Waals surface area contributed by atoms with Crippen molar-refractivity contribution < 1.29 is 0 Å². The van der Waals surface area contributed by atoms with Crippen LogP contribution in [0.3, 0.4) is 0 Å². The zero-order valence-electron chi connectivity index (χ0n) is 10.9. The van der Waals surface area contributed by atoms with Gasteiger partial charge in [0, 0.05) is 30.9 Å². The van der Waals surface area contributed by atoms with E-state index < -0.39 is 0 Å². The third-order valence-corrected chi connectivity index (χ3v) is 4.35. The molecule has 1 atom stereocenters. The lowest BCUT2D eigenvalue weighted by atomic mass is 10.0. The van der Waals surface area contributed by atoms with E-state index in [2.05, 4.69) is 34.6 Å². The van der Waals surface area contributed by atoms with Crippen LogP contribution in [0.4, 0.5) is 0 Å². The van der Waals surface area contributed by atoms with E-state index >= 15 is 0 Å². The minimum Gasteiger partial charge on any atom is -0.315 e. The molecule has 0 saturated carbocycles. The van der Waals surface area contributed by atoms with E-state index in [1.165, 1.54) is 36.5 Å². The lowest BCUT2D eigenvalue weighted by molar-refractivity contribution is 0.182. The molecule has 0 aliphatic carbocycles. The van der Waals surface area contributed by atoms with E-state index in [0.29, 0.717) is 0 Å². The molecule has 0 amide bonds. The molecule has 1 saturated heterocycles. The number of likely N-dealkylation sites (tertiary alicyclic amines) is 1. The average molecular weight is 253 g/mol. The van der Waals surface area contributed by atoms with Gasteiger partial charge < -0.3 is 10.2 Å². The molecule has 2 heterocycles. The number of aromatic nitrogens is 1. The summed E-state index contributed by atoms with van der Waals surface area (Å²) in [7, 11) is 2.25. The van der Waals surface area contributed by atoms with Gasteiger partial charge in [0.15, 0.2) is 0 Å². The van der Waals surface area contributed by atoms with Gasteiger partial charge in [0.05, 0.1) is 10.7 Å². The first kappa shape index (κ1) is 13.0. The smallest absolute Gasteiger partial charge is 0.0897 e. The summed E-state index contributed by atoms with van der Waals surface area (Å²) in [6.45, 7) is 5.50. The van der Waals surface area contributed by atoms with Gasteiger partial charge in [-0.3, -0.25) is 0 Å². The van der Waals surface area contributed by atoms with Gasteiger partial charge in [-0.25, -0.2) is 4.98 Å². The van der Waals surface area contributed by atoms with E-state index in [1.54, 1.807) is 11.3 Å². The fourth-order valence-electron chi connectivity index (χ4n) is 2.41. The van der Waals surface area contributed by atoms with E-state index in [0.717, 1.165) is 25.6 Å². The third kappa shape index (κ3) is 4.05. The van der Waals surface area contributed by atoms with Crippen molar-refractivity contribution in [2.24, 2.45) is 0 Å². The highest BCUT2D eigenvalue weighted by Crippen LogP contribution is 2.14. The van der Waals surface area contributed by atoms with Gasteiger partial charge in [-0.05, 0) is 33.4 Å². The Morgan fingerprint density at radius 2 is 2.41 bits per heavy atom. The topological polar surface area (TPSA) is 28.2 Å². The zero-order valence-corrected chi connectivity index (χ0v) is 11.7. The Hall–Kier alpha value is -0.450. The molecule has 96 valence electrons. The monoisotopic (exact) mass is 253 g/mol. The van der Waals surface area contributed by atoms with Crippen molar-refractivity contribution >= 4 is 11.3 Å². The molecule has 1 unspecified atom stereocenters. The zero-order chi connectivity index (χ0) is 12.1. The lowest BCUT2D eigenvalue weighted by Crippen LogP contribution is -2.43. The highest BCUT2D eigenvalue weighted by Gasteiger charge is 2.17. The van der Waals surface area contributed by atoms with E-state index in [-0.39, 0.29) is 0 Å². The molecule has 0 aromatic carbocycles. The molecule has 1 aromatic rings. The van der Waals surface area contributed by atoms with Crippen molar-refractivity contribution in [3.05, 3.63) is 16.1 Å². The molecular formula is C13H23N3S. The molecule has 17 heavy (non-hydrogen) atoms. The molecule has 3 nitrogen and oxygen atoms in total. The maximum atomic E-state index is 4.48. The van der Waals surface area contributed by atoms with Crippen LogP contribution in [-0.4, -0.2) is 42.6 Å². The van der Waals surface area contributed by atoms with Crippen LogP contribution in [0.1, 0.15) is 30.0 Å². The molecule has 2 rings (SSSR count). The summed E-state index contributed by atoms with van der Waals surface area (Å²) in [6, 6.07) is 0.737. The molecule has 1 aromatic heterocycles. The predicted molar refractivity (Wildman–Crippen MR) is 73.7 cm³/mol. The second-order valence-corrected chi connectivity index (χ2v) is 6.00. The molecule has 0 radical (unpaired) electrons. The van der Waals surface area contributed by atoms with Gasteiger partial charge in [0.1, 0.15) is 0 Å². The molecule has 0 spiro atoms. The summed E-state index contributed by atoms with van der Waals surface area (Å²) in [4.78, 5) is 6.97. The van der Waals surface area contributed by atoms with E-state index in [4.69, 9.17) is 0 Å². The van der Waals surface area contributed by atoms with E-state index in [1.807, 2.05) is 0 Å². The highest BCUT2D eigenvalue weighted by atomic mass is 32.1. The second-order valence-electron chi connectivity index (χ2n) is 4.94. The number of hydrogen-bond acceptors (Lipinski definition) is 4. The first-order chi connectivity index (χ1) is 8.25. The van der Waals surface area contributed by atoms with Crippen molar-refractivity contribution in [1.82, 2.24) is 15.2 Å². The van der Waals surface area contributed by atoms with Gasteiger partial charge in [0.2, 0.25) is 0 Å². The first-order valence-electron chi connectivity index (χ1n) is 6.57. The van der Waals surface area contributed by atoms with Crippen LogP contribution in [0, 0.1) is 6.92 Å². The van der Waals surface area contributed by atoms with Crippen molar-refractivity contribution in [2.75, 3.05) is 26.7 Å². The summed E-state index contributed by atoms with van der Waals surface area (Å²) in [6.07, 6.45) is 5.16. The van der Waals surface area contributed by atoms with Crippen LogP contribution in [0.2, 0.25) is 0 Å². The maximum Gasteiger partial charge on any atom is 0.0897 e. The molecule has 1 N–H and O–H groups in total. The number of thiazole rings is 1. The Morgan fingerprint density at radius 3 is 3.12 bits per heavy atom. The number of nitrogens with one attached hydrogen (secondary N) is 1. The average Bonchev–Trinajstić information content (AvgIpc) is 2.73. The van der Waals surface area contributed by atoms with Crippen LogP contribution in [0.5, 0.6) is 0 Å². The Morgan fingerprint density at radius 1 is 1.53 bits per heavy atom. The van der Waals surface area contributed by atoms with Gasteiger partial charge in [-0.2, -0.15) is 0 Å². The number of likely N-dealkylation sites (N-methyl/N-ethyl adjacent to an activating group) is 1. The molecule has 1 fully saturated rings. The Bertz CT molecular complexity index is 337. The maximum absolute atomic E-state index is 4.48. The van der Waals surface area contributed by atoms with Crippen molar-refractivity contribution in [3.8, 4) is 0 Å². The summed E-state index contributed by atoms with van der Waals surface area (Å²) in [5, 5.41) is 6.91. The second kappa shape index (κ2) is 6.47. The Labute approximate surface area is 108 Å². The minimum atomic E-state index is 0.737. The van der Waals surface area contributed by atoms with Crippen molar-refractivity contribution in [3.63, 3.8) is 0 Å². The largest absolute Gasteiger partial charge is 0.315 e. The molecule has 0 bridgehead atoms. The van der Waals surface area contributed by atoms with Crippen LogP contribution >= 0.6 is 11.3 Å². The number of piperidine rings is 1. The summed E-state index contributed by atoms with van der Waals surface area (Å²) in [5.74, 6) is 0. The Kier molecular flexibility index (Phi) is 4.95. The highest BCUT2D eigenvalue weighted by molar-refractivity contribution is 7.09. The van der Waals surface area contributed by atoms with Gasteiger partial charge in [0.25, 0.3) is 0 Å². The van der Waals surface area contributed by atoms with Crippen molar-refractivity contribution in [2.45, 2.75) is 38.6 Å². The van der Waals surface area contributed by atoms with Gasteiger partial charge in [-0.15, -0.1) is 11.3 Å². The summed E-state index contributed by atoms with van der Waals surface area (Å²) < 4.78 is 0. The molecule has 1 aliphatic rings. The number of aryl methyl sites for hydroxylation is 1. The Balaban J connectivity index is 1.62. The summed E-state index contributed by atoms with van der Waals surface area (Å²) in [5.41, 5.74) is 1.23. The fraction of sp³-hybridized carbons (Fsp3) is 0.769. The molecule has 1 aliphatic heterocycles. The predicted octanol–water partition coefficient (Wildman–Crippen LogP) is 2.07. The quantitative estimate of drug-likeness (QED) is 0.814. The van der Waals surface area contributed by atoms with Crippen LogP contribution in [0.25, 0.3) is 0 Å². The van der Waals surface area contributed by atoms with Crippen LogP contribution < -0.4 is 5.32 Å². The fourth-order valence-corrected chi connectivity index (χ4v) is 3.06. The van der Waals surface area contributed by atoms with Gasteiger partial charge >= 0.3 is 0 Å². The minimum absolute atomic E-state index is 0.737. The number of rotatable bonds is 5. The van der Waals surface area contributed by atoms with Crippen LogP contribution in [0.15, 0.2) is 5.38 Å². The van der Waals surface area contributed by atoms with Gasteiger partial charge in [-0.1, -0.05) is 6.42 Å². The van der Waals surface area contributed by atoms with Crippen molar-refractivity contribution in [1.29, 1.82) is 0 Å². The third-order valence-electron chi connectivity index (χ3n) is 3.53. The standard InChI is InChI=1S/C13H23N3S/c1-11-15-12(10-17-11)6-7-14-9-13-5-3-4-8-16(13)2/h10,13-14H,3-9H2,1-2H3.